The van der Waals surface area contributed by atoms with E-state index < -0.39 is 109 Å². The molecule has 260 valence electrons. The number of aliphatic hydroxyl groups is 2. The predicted octanol–water partition coefficient (Wildman–Crippen LogP) is -0.975. The number of nitro benzene ring substituents is 1. The molecule has 1 aromatic carbocycles. The molecule has 3 rings (SSSR count). The normalized spacial score (nSPS) is 30.3. The molecule has 10 atom stereocenters. The molecule has 47 heavy (non-hydrogen) atoms. The fourth-order valence-electron chi connectivity index (χ4n) is 4.95. The highest BCUT2D eigenvalue weighted by Gasteiger charge is 2.56. The number of ether oxygens (including phenoxy) is 8. The van der Waals surface area contributed by atoms with Gasteiger partial charge in [0.05, 0.1) is 11.5 Å². The van der Waals surface area contributed by atoms with Gasteiger partial charge in [-0.05, 0) is 12.1 Å². The summed E-state index contributed by atoms with van der Waals surface area (Å²) in [6.45, 7) is 3.99. The lowest BCUT2D eigenvalue weighted by molar-refractivity contribution is -0.384. The van der Waals surface area contributed by atoms with Gasteiger partial charge in [-0.3, -0.25) is 34.1 Å². The van der Waals surface area contributed by atoms with Crippen molar-refractivity contribution in [2.45, 2.75) is 96.0 Å². The van der Waals surface area contributed by atoms with Gasteiger partial charge in [0, 0.05) is 46.8 Å². The first-order chi connectivity index (χ1) is 22.1. The maximum Gasteiger partial charge on any atom is 0.303 e. The number of hydrogen-bond acceptors (Lipinski definition) is 17. The first-order valence-corrected chi connectivity index (χ1v) is 14.2. The van der Waals surface area contributed by atoms with Gasteiger partial charge < -0.3 is 53.4 Å². The highest BCUT2D eigenvalue weighted by Crippen LogP contribution is 2.34. The number of carbonyl (C=O) groups excluding carboxylic acids is 5. The molecule has 0 aromatic heterocycles. The second kappa shape index (κ2) is 16.4. The van der Waals surface area contributed by atoms with Crippen LogP contribution in [0.2, 0.25) is 0 Å². The molecule has 0 bridgehead atoms. The summed E-state index contributed by atoms with van der Waals surface area (Å²) in [5.74, 6) is -4.03. The number of rotatable bonds is 12. The maximum absolute atomic E-state index is 12.3. The Morgan fingerprint density at radius 1 is 0.809 bits per heavy atom. The minimum absolute atomic E-state index is 0.0371. The molecule has 2 aliphatic rings. The summed E-state index contributed by atoms with van der Waals surface area (Å²) < 4.78 is 44.8. The van der Waals surface area contributed by atoms with Gasteiger partial charge in [0.1, 0.15) is 42.8 Å². The van der Waals surface area contributed by atoms with Crippen LogP contribution in [0.4, 0.5) is 5.69 Å². The van der Waals surface area contributed by atoms with Gasteiger partial charge in [0.25, 0.3) is 5.69 Å². The number of esters is 4. The van der Waals surface area contributed by atoms with Gasteiger partial charge >= 0.3 is 23.9 Å². The summed E-state index contributed by atoms with van der Waals surface area (Å²) in [5.41, 5.74) is -0.242. The molecule has 0 saturated carbocycles. The van der Waals surface area contributed by atoms with Gasteiger partial charge in [0.15, 0.2) is 24.6 Å². The minimum atomic E-state index is -1.77. The van der Waals surface area contributed by atoms with Crippen LogP contribution in [-0.2, 0) is 57.1 Å². The van der Waals surface area contributed by atoms with E-state index in [0.717, 1.165) is 46.8 Å². The van der Waals surface area contributed by atoms with Crippen LogP contribution in [-0.4, -0.2) is 119 Å². The van der Waals surface area contributed by atoms with Crippen molar-refractivity contribution in [2.75, 3.05) is 13.2 Å². The van der Waals surface area contributed by atoms with Gasteiger partial charge in [-0.25, -0.2) is 0 Å². The van der Waals surface area contributed by atoms with E-state index in [-0.39, 0.29) is 11.4 Å². The van der Waals surface area contributed by atoms with Crippen LogP contribution in [0.25, 0.3) is 0 Å². The number of hydrogen-bond donors (Lipinski definition) is 3. The largest absolute Gasteiger partial charge is 0.463 e. The Hall–Kier alpha value is -4.43. The highest BCUT2D eigenvalue weighted by atomic mass is 16.8. The third-order valence-electron chi connectivity index (χ3n) is 6.76. The Labute approximate surface area is 267 Å². The molecule has 0 aliphatic carbocycles. The lowest BCUT2D eigenvalue weighted by atomic mass is 9.95. The van der Waals surface area contributed by atoms with E-state index in [4.69, 9.17) is 37.9 Å². The summed E-state index contributed by atoms with van der Waals surface area (Å²) in [6, 6.07) is 3.40. The summed E-state index contributed by atoms with van der Waals surface area (Å²) in [5, 5.41) is 34.9. The Morgan fingerprint density at radius 2 is 1.36 bits per heavy atom. The molecule has 19 heteroatoms. The Bertz CT molecular complexity index is 1310. The third-order valence-corrected chi connectivity index (χ3v) is 6.76. The quantitative estimate of drug-likeness (QED) is 0.104. The standard InChI is InChI=1S/C28H36N2O17/c1-12(32)29-21-24(22(37)19(10-31)45-27(21)44-18-8-6-17(7-9-18)30(38)39)47-28-26(43-16(5)36)25(42-15(4)35)23(41-14(3)34)20(46-28)11-40-13(2)33/h6-9,19-28,31,37H,10-11H2,1-5H3,(H,29,32)/t19-,20-,21-,22+,23+,24-,25+,26-,27+,28+/m1/s1. The molecular weight excluding hydrogens is 636 g/mol. The first-order valence-electron chi connectivity index (χ1n) is 14.2. The van der Waals surface area contributed by atoms with Crippen molar-refractivity contribution in [3.8, 4) is 5.75 Å². The Morgan fingerprint density at radius 3 is 1.87 bits per heavy atom. The van der Waals surface area contributed by atoms with Gasteiger partial charge in [0.2, 0.25) is 12.2 Å². The van der Waals surface area contributed by atoms with Gasteiger partial charge in [-0.1, -0.05) is 0 Å². The molecule has 0 unspecified atom stereocenters. The van der Waals surface area contributed by atoms with Crippen LogP contribution < -0.4 is 10.1 Å². The number of nitro groups is 1. The number of amides is 1. The Balaban J connectivity index is 2.06. The van der Waals surface area contributed by atoms with E-state index in [0.29, 0.717) is 0 Å². The zero-order valence-corrected chi connectivity index (χ0v) is 26.0. The predicted molar refractivity (Wildman–Crippen MR) is 150 cm³/mol. The molecule has 1 aromatic rings. The zero-order chi connectivity index (χ0) is 35.0. The second-order valence-electron chi connectivity index (χ2n) is 10.5. The van der Waals surface area contributed by atoms with E-state index >= 15 is 0 Å². The number of nitrogens with zero attached hydrogens (tertiary/aromatic N) is 1. The number of benzene rings is 1. The summed E-state index contributed by atoms with van der Waals surface area (Å²) in [4.78, 5) is 70.8. The molecule has 2 saturated heterocycles. The fourth-order valence-corrected chi connectivity index (χ4v) is 4.95. The van der Waals surface area contributed by atoms with Gasteiger partial charge in [-0.2, -0.15) is 0 Å². The van der Waals surface area contributed by atoms with Crippen LogP contribution in [0.1, 0.15) is 34.6 Å². The zero-order valence-electron chi connectivity index (χ0n) is 26.0. The average Bonchev–Trinajstić information content (AvgIpc) is 2.97. The number of nitrogens with one attached hydrogen (secondary N) is 1. The average molecular weight is 673 g/mol. The van der Waals surface area contributed by atoms with Crippen LogP contribution >= 0.6 is 0 Å². The molecule has 2 heterocycles. The fraction of sp³-hybridized carbons (Fsp3) is 0.607. The van der Waals surface area contributed by atoms with Crippen LogP contribution in [0.5, 0.6) is 5.75 Å². The Kier molecular flexibility index (Phi) is 12.9. The molecule has 19 nitrogen and oxygen atoms in total. The van der Waals surface area contributed by atoms with Crippen molar-refractivity contribution in [1.82, 2.24) is 5.32 Å². The van der Waals surface area contributed by atoms with Crippen LogP contribution in [0, 0.1) is 10.1 Å². The van der Waals surface area contributed by atoms with Crippen LogP contribution in [0.15, 0.2) is 24.3 Å². The van der Waals surface area contributed by atoms with Crippen molar-refractivity contribution >= 4 is 35.5 Å². The van der Waals surface area contributed by atoms with E-state index in [9.17, 15) is 44.3 Å². The van der Waals surface area contributed by atoms with Crippen molar-refractivity contribution < 1.29 is 77.0 Å². The number of carbonyl (C=O) groups is 5. The lowest BCUT2D eigenvalue weighted by Gasteiger charge is -2.48. The SMILES string of the molecule is CC(=O)N[C@H]1[C@@H](Oc2ccc([N+](=O)[O-])cc2)O[C@H](CO)[C@H](O)[C@@H]1O[C@@H]1O[C@H](COC(C)=O)[C@H](OC(C)=O)[C@H](OC(C)=O)[C@H]1OC(C)=O. The molecule has 0 spiro atoms. The monoisotopic (exact) mass is 672 g/mol. The van der Waals surface area contributed by atoms with Gasteiger partial charge in [-0.15, -0.1) is 0 Å². The van der Waals surface area contributed by atoms with Crippen molar-refractivity contribution in [2.24, 2.45) is 0 Å². The maximum atomic E-state index is 12.3. The smallest absolute Gasteiger partial charge is 0.303 e. The summed E-state index contributed by atoms with van der Waals surface area (Å²) in [6.07, 6.45) is -14.1. The summed E-state index contributed by atoms with van der Waals surface area (Å²) >= 11 is 0. The van der Waals surface area contributed by atoms with E-state index in [1.165, 1.54) is 12.1 Å². The molecule has 2 aliphatic heterocycles. The molecule has 1 amide bonds. The third kappa shape index (κ3) is 10.0. The lowest BCUT2D eigenvalue weighted by Crippen LogP contribution is -2.69. The molecular formula is C28H36N2O17. The van der Waals surface area contributed by atoms with Crippen molar-refractivity contribution in [3.63, 3.8) is 0 Å². The van der Waals surface area contributed by atoms with E-state index in [1.807, 2.05) is 0 Å². The first kappa shape index (κ1) is 37.0. The highest BCUT2D eigenvalue weighted by molar-refractivity contribution is 5.73. The van der Waals surface area contributed by atoms with Crippen molar-refractivity contribution in [3.05, 3.63) is 34.4 Å². The molecule has 3 N–H and O–H groups in total. The number of non-ortho nitro benzene ring substituents is 1. The van der Waals surface area contributed by atoms with E-state index in [2.05, 4.69) is 5.32 Å². The topological polar surface area (TPSA) is 255 Å². The molecule has 2 fully saturated rings. The van der Waals surface area contributed by atoms with Crippen LogP contribution in [0.3, 0.4) is 0 Å². The number of aliphatic hydroxyl groups excluding tert-OH is 2. The molecule has 0 radical (unpaired) electrons. The van der Waals surface area contributed by atoms with E-state index in [1.54, 1.807) is 0 Å². The second-order valence-corrected chi connectivity index (χ2v) is 10.5. The summed E-state index contributed by atoms with van der Waals surface area (Å²) in [7, 11) is 0. The minimum Gasteiger partial charge on any atom is -0.463 e. The van der Waals surface area contributed by atoms with Crippen molar-refractivity contribution in [1.29, 1.82) is 0 Å².